The van der Waals surface area contributed by atoms with E-state index in [0.29, 0.717) is 18.4 Å². The third-order valence-electron chi connectivity index (χ3n) is 4.86. The van der Waals surface area contributed by atoms with Gasteiger partial charge in [0.2, 0.25) is 0 Å². The molecule has 4 atom stereocenters. The lowest BCUT2D eigenvalue weighted by Gasteiger charge is -2.19. The van der Waals surface area contributed by atoms with Crippen LogP contribution in [0.3, 0.4) is 0 Å². The maximum absolute atomic E-state index is 11.9. The molecule has 4 unspecified atom stereocenters. The Morgan fingerprint density at radius 1 is 1.48 bits per heavy atom. The quantitative estimate of drug-likeness (QED) is 0.360. The van der Waals surface area contributed by atoms with Gasteiger partial charge in [-0.1, -0.05) is 32.6 Å². The molecule has 0 amide bonds. The number of ether oxygens (including phenoxy) is 3. The number of aliphatic hydroxyl groups is 1. The maximum Gasteiger partial charge on any atom is 0.334 e. The van der Waals surface area contributed by atoms with E-state index in [1.807, 2.05) is 12.2 Å². The first kappa shape index (κ1) is 17.9. The maximum atomic E-state index is 11.9. The lowest BCUT2D eigenvalue weighted by atomic mass is 9.87. The van der Waals surface area contributed by atoms with Crippen molar-refractivity contribution in [2.45, 2.75) is 45.0 Å². The fourth-order valence-corrected chi connectivity index (χ4v) is 3.23. The highest BCUT2D eigenvalue weighted by molar-refractivity contribution is 5.90. The van der Waals surface area contributed by atoms with E-state index in [9.17, 15) is 14.7 Å². The molecule has 2 saturated heterocycles. The van der Waals surface area contributed by atoms with Crippen LogP contribution in [0.5, 0.6) is 0 Å². The predicted molar refractivity (Wildman–Crippen MR) is 89.5 cm³/mol. The van der Waals surface area contributed by atoms with E-state index in [1.54, 1.807) is 13.8 Å². The van der Waals surface area contributed by atoms with Crippen molar-refractivity contribution < 1.29 is 28.9 Å². The summed E-state index contributed by atoms with van der Waals surface area (Å²) in [5, 5.41) is 9.59. The molecule has 2 fully saturated rings. The van der Waals surface area contributed by atoms with Crippen molar-refractivity contribution >= 4 is 11.9 Å². The molecule has 0 aromatic carbocycles. The lowest BCUT2D eigenvalue weighted by molar-refractivity contribution is -0.146. The van der Waals surface area contributed by atoms with Crippen LogP contribution in [-0.4, -0.2) is 48.6 Å². The highest BCUT2D eigenvalue weighted by Crippen LogP contribution is 2.38. The number of carbonyl (C=O) groups excluding carboxylic acids is 2. The number of esters is 2. The van der Waals surface area contributed by atoms with Crippen LogP contribution < -0.4 is 0 Å². The monoisotopic (exact) mass is 348 g/mol. The van der Waals surface area contributed by atoms with E-state index in [-0.39, 0.29) is 55.3 Å². The van der Waals surface area contributed by atoms with Crippen molar-refractivity contribution in [3.05, 3.63) is 35.5 Å². The number of hydrogen-bond acceptors (Lipinski definition) is 6. The van der Waals surface area contributed by atoms with Gasteiger partial charge in [-0.25, -0.2) is 4.79 Å². The molecule has 0 aromatic heterocycles. The zero-order valence-corrected chi connectivity index (χ0v) is 14.6. The average Bonchev–Trinajstić information content (AvgIpc) is 3.28. The summed E-state index contributed by atoms with van der Waals surface area (Å²) in [4.78, 5) is 23.6. The van der Waals surface area contributed by atoms with Crippen LogP contribution in [0.1, 0.15) is 26.7 Å². The minimum absolute atomic E-state index is 0.110. The van der Waals surface area contributed by atoms with Crippen LogP contribution in [0.15, 0.2) is 35.5 Å². The van der Waals surface area contributed by atoms with Crippen molar-refractivity contribution in [3.63, 3.8) is 0 Å². The molecule has 0 radical (unpaired) electrons. The van der Waals surface area contributed by atoms with Gasteiger partial charge in [0.25, 0.3) is 0 Å². The highest BCUT2D eigenvalue weighted by atomic mass is 16.6. The number of carbonyl (C=O) groups is 2. The molecule has 3 aliphatic rings. The molecule has 0 saturated carbocycles. The van der Waals surface area contributed by atoms with Crippen LogP contribution in [0.4, 0.5) is 0 Å². The number of rotatable bonds is 4. The van der Waals surface area contributed by atoms with Crippen LogP contribution >= 0.6 is 0 Å². The second kappa shape index (κ2) is 7.14. The van der Waals surface area contributed by atoms with Crippen molar-refractivity contribution in [3.8, 4) is 0 Å². The van der Waals surface area contributed by atoms with E-state index >= 15 is 0 Å². The molecule has 136 valence electrons. The van der Waals surface area contributed by atoms with Crippen molar-refractivity contribution in [1.82, 2.24) is 0 Å². The van der Waals surface area contributed by atoms with Gasteiger partial charge in [0, 0.05) is 17.9 Å². The van der Waals surface area contributed by atoms with E-state index < -0.39 is 0 Å². The highest BCUT2D eigenvalue weighted by Gasteiger charge is 2.44. The van der Waals surface area contributed by atoms with Gasteiger partial charge in [-0.3, -0.25) is 4.79 Å². The van der Waals surface area contributed by atoms with Crippen LogP contribution in [-0.2, 0) is 23.8 Å². The molecule has 0 aromatic rings. The molecule has 2 aliphatic heterocycles. The van der Waals surface area contributed by atoms with Gasteiger partial charge in [0.1, 0.15) is 24.9 Å². The molecule has 1 aliphatic carbocycles. The number of epoxide rings is 1. The van der Waals surface area contributed by atoms with E-state index in [4.69, 9.17) is 14.2 Å². The standard InChI is InChI=1S/C19H24O6/c1-10(2)18(21)23-9-13-4-5-14-11(3)19(22)25-15(14)6-12(8-20)7-16-17(13)24-16/h4,7,10,14-17,20H,3,5-6,8-9H2,1-2H3. The van der Waals surface area contributed by atoms with Gasteiger partial charge in [-0.15, -0.1) is 0 Å². The van der Waals surface area contributed by atoms with Gasteiger partial charge in [0.15, 0.2) is 0 Å². The summed E-state index contributed by atoms with van der Waals surface area (Å²) in [5.74, 6) is -0.979. The largest absolute Gasteiger partial charge is 0.461 e. The molecule has 0 bridgehead atoms. The van der Waals surface area contributed by atoms with Crippen LogP contribution in [0, 0.1) is 11.8 Å². The predicted octanol–water partition coefficient (Wildman–Crippen LogP) is 1.69. The zero-order valence-electron chi connectivity index (χ0n) is 14.6. The first-order valence-electron chi connectivity index (χ1n) is 8.62. The van der Waals surface area contributed by atoms with E-state index in [2.05, 4.69) is 6.58 Å². The molecule has 2 heterocycles. The summed E-state index contributed by atoms with van der Waals surface area (Å²) in [7, 11) is 0. The molecule has 3 rings (SSSR count). The summed E-state index contributed by atoms with van der Waals surface area (Å²) in [5.41, 5.74) is 2.11. The number of aliphatic hydroxyl groups excluding tert-OH is 1. The van der Waals surface area contributed by atoms with Gasteiger partial charge in [-0.2, -0.15) is 0 Å². The molecular weight excluding hydrogens is 324 g/mol. The molecule has 0 spiro atoms. The Hall–Kier alpha value is -1.92. The minimum Gasteiger partial charge on any atom is -0.461 e. The van der Waals surface area contributed by atoms with Gasteiger partial charge in [0.05, 0.1) is 12.5 Å². The van der Waals surface area contributed by atoms with Crippen molar-refractivity contribution in [2.24, 2.45) is 11.8 Å². The molecule has 25 heavy (non-hydrogen) atoms. The average molecular weight is 348 g/mol. The van der Waals surface area contributed by atoms with Gasteiger partial charge >= 0.3 is 11.9 Å². The van der Waals surface area contributed by atoms with E-state index in [0.717, 1.165) is 11.1 Å². The number of hydrogen-bond donors (Lipinski definition) is 1. The van der Waals surface area contributed by atoms with Crippen molar-refractivity contribution in [1.29, 1.82) is 0 Å². The number of allylic oxidation sites excluding steroid dienone is 1. The Balaban J connectivity index is 1.80. The third-order valence-corrected chi connectivity index (χ3v) is 4.86. The van der Waals surface area contributed by atoms with Crippen LogP contribution in [0.2, 0.25) is 0 Å². The van der Waals surface area contributed by atoms with E-state index in [1.165, 1.54) is 0 Å². The lowest BCUT2D eigenvalue weighted by Crippen LogP contribution is -2.20. The molecule has 6 nitrogen and oxygen atoms in total. The fraction of sp³-hybridized carbons (Fsp3) is 0.579. The Morgan fingerprint density at radius 3 is 2.92 bits per heavy atom. The normalized spacial score (nSPS) is 31.5. The summed E-state index contributed by atoms with van der Waals surface area (Å²) < 4.78 is 16.4. The Labute approximate surface area is 147 Å². The summed E-state index contributed by atoms with van der Waals surface area (Å²) in [6.45, 7) is 7.47. The van der Waals surface area contributed by atoms with Gasteiger partial charge < -0.3 is 19.3 Å². The minimum atomic E-state index is -0.380. The molecular formula is C19H24O6. The Kier molecular flexibility index (Phi) is 5.11. The fourth-order valence-electron chi connectivity index (χ4n) is 3.23. The molecule has 1 N–H and O–H groups in total. The van der Waals surface area contributed by atoms with Gasteiger partial charge in [-0.05, 0) is 17.6 Å². The first-order chi connectivity index (χ1) is 11.9. The Morgan fingerprint density at radius 2 is 2.24 bits per heavy atom. The summed E-state index contributed by atoms with van der Waals surface area (Å²) >= 11 is 0. The second-order valence-corrected chi connectivity index (χ2v) is 7.06. The first-order valence-corrected chi connectivity index (χ1v) is 8.62. The number of fused-ring (bicyclic) bond motifs is 2. The third kappa shape index (κ3) is 3.85. The molecule has 6 heteroatoms. The van der Waals surface area contributed by atoms with Crippen LogP contribution in [0.25, 0.3) is 0 Å². The Bertz CT molecular complexity index is 644. The second-order valence-electron chi connectivity index (χ2n) is 7.06. The topological polar surface area (TPSA) is 85.4 Å². The zero-order chi connectivity index (χ0) is 18.1. The summed E-state index contributed by atoms with van der Waals surface area (Å²) in [6.07, 6.45) is 4.27. The SMILES string of the molecule is C=C1C(=O)OC2CC(CO)=CC3OC3C(COC(=O)C(C)C)=CCC12. The summed E-state index contributed by atoms with van der Waals surface area (Å²) in [6, 6.07) is 0. The van der Waals surface area contributed by atoms with Crippen molar-refractivity contribution in [2.75, 3.05) is 13.2 Å². The smallest absolute Gasteiger partial charge is 0.334 e.